The molecule has 1 N–H and O–H groups in total. The predicted molar refractivity (Wildman–Crippen MR) is 57.3 cm³/mol. The summed E-state index contributed by atoms with van der Waals surface area (Å²) in [5, 5.41) is 12.2. The predicted octanol–water partition coefficient (Wildman–Crippen LogP) is 1.61. The van der Waals surface area contributed by atoms with Gasteiger partial charge in [-0.2, -0.15) is 5.26 Å². The molecule has 0 aromatic heterocycles. The molecule has 0 amide bonds. The van der Waals surface area contributed by atoms with Crippen LogP contribution in [0.4, 0.5) is 0 Å². The molecule has 0 aliphatic carbocycles. The van der Waals surface area contributed by atoms with Gasteiger partial charge in [0.25, 0.3) is 0 Å². The lowest BCUT2D eigenvalue weighted by molar-refractivity contribution is 0.00694. The van der Waals surface area contributed by atoms with Gasteiger partial charge in [0.1, 0.15) is 0 Å². The molecular weight excluding hydrogens is 188 g/mol. The lowest BCUT2D eigenvalue weighted by Crippen LogP contribution is -2.40. The van der Waals surface area contributed by atoms with Crippen LogP contribution in [-0.4, -0.2) is 19.2 Å². The number of benzene rings is 1. The highest BCUT2D eigenvalue weighted by Gasteiger charge is 2.19. The molecule has 2 unspecified atom stereocenters. The second-order valence-corrected chi connectivity index (χ2v) is 3.87. The van der Waals surface area contributed by atoms with Crippen molar-refractivity contribution in [2.24, 2.45) is 0 Å². The molecule has 15 heavy (non-hydrogen) atoms. The fourth-order valence-electron chi connectivity index (χ4n) is 1.71. The topological polar surface area (TPSA) is 45.0 Å². The lowest BCUT2D eigenvalue weighted by Gasteiger charge is -2.28. The molecule has 3 heteroatoms. The Kier molecular flexibility index (Phi) is 3.00. The van der Waals surface area contributed by atoms with Crippen molar-refractivity contribution < 1.29 is 4.74 Å². The third kappa shape index (κ3) is 2.35. The SMILES string of the molecule is CC1COC(c2cccc(C#N)c2)CN1. The zero-order chi connectivity index (χ0) is 10.7. The van der Waals surface area contributed by atoms with Crippen molar-refractivity contribution in [3.63, 3.8) is 0 Å². The first-order valence-electron chi connectivity index (χ1n) is 5.14. The van der Waals surface area contributed by atoms with Crippen LogP contribution < -0.4 is 5.32 Å². The molecule has 3 nitrogen and oxygen atoms in total. The van der Waals surface area contributed by atoms with Gasteiger partial charge in [-0.1, -0.05) is 12.1 Å². The highest BCUT2D eigenvalue weighted by atomic mass is 16.5. The van der Waals surface area contributed by atoms with E-state index in [1.807, 2.05) is 24.3 Å². The number of ether oxygens (including phenoxy) is 1. The van der Waals surface area contributed by atoms with Gasteiger partial charge >= 0.3 is 0 Å². The van der Waals surface area contributed by atoms with Crippen LogP contribution in [-0.2, 0) is 4.74 Å². The van der Waals surface area contributed by atoms with Crippen LogP contribution in [0.5, 0.6) is 0 Å². The number of morpholine rings is 1. The maximum absolute atomic E-state index is 8.80. The van der Waals surface area contributed by atoms with E-state index in [4.69, 9.17) is 10.00 Å². The molecule has 1 fully saturated rings. The zero-order valence-corrected chi connectivity index (χ0v) is 8.73. The third-order valence-electron chi connectivity index (χ3n) is 2.59. The highest BCUT2D eigenvalue weighted by molar-refractivity contribution is 5.34. The van der Waals surface area contributed by atoms with Gasteiger partial charge in [0.15, 0.2) is 0 Å². The molecule has 1 aromatic rings. The number of nitriles is 1. The number of hydrogen-bond donors (Lipinski definition) is 1. The first-order chi connectivity index (χ1) is 7.29. The van der Waals surface area contributed by atoms with Crippen LogP contribution in [0.15, 0.2) is 24.3 Å². The summed E-state index contributed by atoms with van der Waals surface area (Å²) < 4.78 is 5.70. The minimum atomic E-state index is 0.0782. The monoisotopic (exact) mass is 202 g/mol. The summed E-state index contributed by atoms with van der Waals surface area (Å²) in [4.78, 5) is 0. The smallest absolute Gasteiger partial charge is 0.0991 e. The van der Waals surface area contributed by atoms with E-state index in [-0.39, 0.29) is 6.10 Å². The van der Waals surface area contributed by atoms with Crippen molar-refractivity contribution in [1.29, 1.82) is 5.26 Å². The van der Waals surface area contributed by atoms with E-state index in [0.29, 0.717) is 11.6 Å². The fraction of sp³-hybridized carbons (Fsp3) is 0.417. The van der Waals surface area contributed by atoms with Gasteiger partial charge in [-0.3, -0.25) is 0 Å². The third-order valence-corrected chi connectivity index (χ3v) is 2.59. The molecule has 1 heterocycles. The first kappa shape index (κ1) is 10.2. The van der Waals surface area contributed by atoms with E-state index in [0.717, 1.165) is 18.7 Å². The summed E-state index contributed by atoms with van der Waals surface area (Å²) in [5.74, 6) is 0. The Bertz CT molecular complexity index is 375. The Morgan fingerprint density at radius 3 is 3.07 bits per heavy atom. The van der Waals surface area contributed by atoms with Gasteiger partial charge in [0, 0.05) is 12.6 Å². The number of rotatable bonds is 1. The maximum Gasteiger partial charge on any atom is 0.0991 e. The quantitative estimate of drug-likeness (QED) is 0.752. The van der Waals surface area contributed by atoms with Gasteiger partial charge < -0.3 is 10.1 Å². The Morgan fingerprint density at radius 1 is 1.53 bits per heavy atom. The Morgan fingerprint density at radius 2 is 2.40 bits per heavy atom. The average molecular weight is 202 g/mol. The van der Waals surface area contributed by atoms with Crippen LogP contribution >= 0.6 is 0 Å². The van der Waals surface area contributed by atoms with Crippen molar-refractivity contribution in [2.75, 3.05) is 13.2 Å². The highest BCUT2D eigenvalue weighted by Crippen LogP contribution is 2.20. The second-order valence-electron chi connectivity index (χ2n) is 3.87. The summed E-state index contributed by atoms with van der Waals surface area (Å²) >= 11 is 0. The Hall–Kier alpha value is -1.37. The van der Waals surface area contributed by atoms with Crippen molar-refractivity contribution in [2.45, 2.75) is 19.1 Å². The molecule has 1 aromatic carbocycles. The van der Waals surface area contributed by atoms with E-state index in [2.05, 4.69) is 18.3 Å². The molecule has 2 rings (SSSR count). The summed E-state index contributed by atoms with van der Waals surface area (Å²) in [6.07, 6.45) is 0.0782. The maximum atomic E-state index is 8.80. The summed E-state index contributed by atoms with van der Waals surface area (Å²) in [7, 11) is 0. The van der Waals surface area contributed by atoms with Crippen LogP contribution in [0.25, 0.3) is 0 Å². The van der Waals surface area contributed by atoms with Gasteiger partial charge in [0.2, 0.25) is 0 Å². The van der Waals surface area contributed by atoms with Gasteiger partial charge in [-0.25, -0.2) is 0 Å². The molecule has 0 bridgehead atoms. The molecular formula is C12H14N2O. The van der Waals surface area contributed by atoms with Gasteiger partial charge in [-0.15, -0.1) is 0 Å². The Labute approximate surface area is 89.7 Å². The summed E-state index contributed by atoms with van der Waals surface area (Å²) in [6, 6.07) is 10.2. The molecule has 1 saturated heterocycles. The molecule has 0 spiro atoms. The average Bonchev–Trinajstić information content (AvgIpc) is 2.30. The second kappa shape index (κ2) is 4.43. The molecule has 2 atom stereocenters. The first-order valence-corrected chi connectivity index (χ1v) is 5.14. The van der Waals surface area contributed by atoms with E-state index >= 15 is 0 Å². The minimum Gasteiger partial charge on any atom is -0.371 e. The van der Waals surface area contributed by atoms with Crippen molar-refractivity contribution in [3.8, 4) is 6.07 Å². The van der Waals surface area contributed by atoms with E-state index in [1.54, 1.807) is 0 Å². The fourth-order valence-corrected chi connectivity index (χ4v) is 1.71. The normalized spacial score (nSPS) is 25.9. The van der Waals surface area contributed by atoms with E-state index < -0.39 is 0 Å². The largest absolute Gasteiger partial charge is 0.371 e. The van der Waals surface area contributed by atoms with Gasteiger partial charge in [-0.05, 0) is 24.6 Å². The molecule has 1 aliphatic heterocycles. The van der Waals surface area contributed by atoms with E-state index in [9.17, 15) is 0 Å². The van der Waals surface area contributed by atoms with Crippen LogP contribution in [0, 0.1) is 11.3 Å². The Balaban J connectivity index is 2.12. The number of nitrogens with one attached hydrogen (secondary N) is 1. The van der Waals surface area contributed by atoms with Crippen LogP contribution in [0.1, 0.15) is 24.2 Å². The molecule has 78 valence electrons. The molecule has 1 aliphatic rings. The standard InChI is InChI=1S/C12H14N2O/c1-9-8-15-12(7-14-9)11-4-2-3-10(5-11)6-13/h2-5,9,12,14H,7-8H2,1H3. The zero-order valence-electron chi connectivity index (χ0n) is 8.73. The van der Waals surface area contributed by atoms with E-state index in [1.165, 1.54) is 0 Å². The number of nitrogens with zero attached hydrogens (tertiary/aromatic N) is 1. The molecule has 0 saturated carbocycles. The minimum absolute atomic E-state index is 0.0782. The lowest BCUT2D eigenvalue weighted by atomic mass is 10.1. The number of hydrogen-bond acceptors (Lipinski definition) is 3. The van der Waals surface area contributed by atoms with Crippen molar-refractivity contribution >= 4 is 0 Å². The summed E-state index contributed by atoms with van der Waals surface area (Å²) in [5.41, 5.74) is 1.77. The van der Waals surface area contributed by atoms with Crippen molar-refractivity contribution in [3.05, 3.63) is 35.4 Å². The van der Waals surface area contributed by atoms with Crippen molar-refractivity contribution in [1.82, 2.24) is 5.32 Å². The van der Waals surface area contributed by atoms with Gasteiger partial charge in [0.05, 0.1) is 24.3 Å². The van der Waals surface area contributed by atoms with Crippen LogP contribution in [0.2, 0.25) is 0 Å². The summed E-state index contributed by atoms with van der Waals surface area (Å²) in [6.45, 7) is 3.64. The van der Waals surface area contributed by atoms with Crippen LogP contribution in [0.3, 0.4) is 0 Å². The molecule has 0 radical (unpaired) electrons.